The van der Waals surface area contributed by atoms with E-state index in [1.54, 1.807) is 49.4 Å². The molecule has 0 aromatic heterocycles. The Hall–Kier alpha value is -2.49. The van der Waals surface area contributed by atoms with Crippen LogP contribution in [0.4, 0.5) is 5.69 Å². The maximum Gasteiger partial charge on any atom is 0.242 e. The van der Waals surface area contributed by atoms with E-state index < -0.39 is 16.1 Å². The van der Waals surface area contributed by atoms with Gasteiger partial charge in [0.2, 0.25) is 21.8 Å². The average Bonchev–Trinajstić information content (AvgIpc) is 2.91. The topological polar surface area (TPSA) is 96.0 Å². The molecule has 220 valence electrons. The number of hydrogen-bond donors (Lipinski definition) is 1. The third-order valence-corrected chi connectivity index (χ3v) is 9.00. The summed E-state index contributed by atoms with van der Waals surface area (Å²) in [6, 6.07) is 11.2. The monoisotopic (exact) mass is 611 g/mol. The molecule has 11 heteroatoms. The Labute approximate surface area is 248 Å². The first kappa shape index (κ1) is 32.0. The van der Waals surface area contributed by atoms with E-state index in [4.69, 9.17) is 27.9 Å². The molecule has 0 unspecified atom stereocenters. The molecule has 1 saturated carbocycles. The normalized spacial score (nSPS) is 14.8. The molecule has 3 rings (SSSR count). The SMILES string of the molecule is CCOc1ccc(N(CCCC(=O)N(Cc2c(Cl)cccc2Cl)[C@@H](C)C(=O)NC2CCCCC2)S(C)(=O)=O)cc1. The molecule has 2 amide bonds. The summed E-state index contributed by atoms with van der Waals surface area (Å²) in [6.07, 6.45) is 6.58. The van der Waals surface area contributed by atoms with Gasteiger partial charge in [0.05, 0.1) is 18.6 Å². The van der Waals surface area contributed by atoms with Crippen molar-refractivity contribution >= 4 is 50.7 Å². The first-order valence-corrected chi connectivity index (χ1v) is 16.3. The second-order valence-electron chi connectivity index (χ2n) is 10.1. The van der Waals surface area contributed by atoms with E-state index >= 15 is 0 Å². The molecule has 0 bridgehead atoms. The second kappa shape index (κ2) is 14.9. The molecule has 2 aromatic rings. The van der Waals surface area contributed by atoms with Gasteiger partial charge in [-0.25, -0.2) is 8.42 Å². The maximum absolute atomic E-state index is 13.6. The molecule has 1 fully saturated rings. The van der Waals surface area contributed by atoms with Crippen molar-refractivity contribution in [3.63, 3.8) is 0 Å². The van der Waals surface area contributed by atoms with Crippen molar-refractivity contribution < 1.29 is 22.7 Å². The summed E-state index contributed by atoms with van der Waals surface area (Å²) in [5, 5.41) is 3.91. The summed E-state index contributed by atoms with van der Waals surface area (Å²) in [5.74, 6) is 0.127. The smallest absolute Gasteiger partial charge is 0.242 e. The lowest BCUT2D eigenvalue weighted by Gasteiger charge is -2.32. The van der Waals surface area contributed by atoms with Gasteiger partial charge in [0.1, 0.15) is 11.8 Å². The van der Waals surface area contributed by atoms with Crippen molar-refractivity contribution in [1.82, 2.24) is 10.2 Å². The first-order chi connectivity index (χ1) is 19.0. The number of carbonyl (C=O) groups is 2. The highest BCUT2D eigenvalue weighted by molar-refractivity contribution is 7.92. The summed E-state index contributed by atoms with van der Waals surface area (Å²) in [7, 11) is -3.60. The highest BCUT2D eigenvalue weighted by atomic mass is 35.5. The fraction of sp³-hybridized carbons (Fsp3) is 0.517. The van der Waals surface area contributed by atoms with Crippen LogP contribution in [0.2, 0.25) is 10.0 Å². The Morgan fingerprint density at radius 3 is 2.25 bits per heavy atom. The van der Waals surface area contributed by atoms with Gasteiger partial charge in [-0.15, -0.1) is 0 Å². The standard InChI is InChI=1S/C29H39Cl2N3O5S/c1-4-39-24-17-15-23(16-18-24)34(40(3,37)38)19-9-14-28(35)33(20-25-26(30)12-8-13-27(25)31)21(2)29(36)32-22-10-6-5-7-11-22/h8,12-13,15-18,21-22H,4-7,9-11,14,19-20H2,1-3H3,(H,32,36)/t21-/m0/s1. The van der Waals surface area contributed by atoms with Crippen LogP contribution in [0.15, 0.2) is 42.5 Å². The van der Waals surface area contributed by atoms with E-state index in [1.165, 1.54) is 15.6 Å². The zero-order valence-electron chi connectivity index (χ0n) is 23.4. The van der Waals surface area contributed by atoms with E-state index in [-0.39, 0.29) is 43.8 Å². The molecule has 2 aromatic carbocycles. The number of sulfonamides is 1. The molecule has 1 aliphatic carbocycles. The lowest BCUT2D eigenvalue weighted by Crippen LogP contribution is -2.50. The molecule has 1 atom stereocenters. The minimum absolute atomic E-state index is 0.0339. The van der Waals surface area contributed by atoms with Crippen LogP contribution in [0, 0.1) is 0 Å². The zero-order chi connectivity index (χ0) is 29.3. The minimum Gasteiger partial charge on any atom is -0.494 e. The van der Waals surface area contributed by atoms with E-state index in [2.05, 4.69) is 5.32 Å². The molecule has 40 heavy (non-hydrogen) atoms. The third-order valence-electron chi connectivity index (χ3n) is 7.10. The number of carbonyl (C=O) groups excluding carboxylic acids is 2. The maximum atomic E-state index is 13.6. The summed E-state index contributed by atoms with van der Waals surface area (Å²) in [5.41, 5.74) is 1.04. The Morgan fingerprint density at radius 1 is 1.05 bits per heavy atom. The first-order valence-electron chi connectivity index (χ1n) is 13.7. The molecule has 0 aliphatic heterocycles. The van der Waals surface area contributed by atoms with Gasteiger partial charge in [0, 0.05) is 41.2 Å². The number of benzene rings is 2. The number of nitrogens with one attached hydrogen (secondary N) is 1. The summed E-state index contributed by atoms with van der Waals surface area (Å²) < 4.78 is 31.9. The van der Waals surface area contributed by atoms with Crippen molar-refractivity contribution in [2.75, 3.05) is 23.7 Å². The molecular formula is C29H39Cl2N3O5S. The predicted octanol–water partition coefficient (Wildman–Crippen LogP) is 5.80. The zero-order valence-corrected chi connectivity index (χ0v) is 25.7. The van der Waals surface area contributed by atoms with Crippen molar-refractivity contribution in [3.05, 3.63) is 58.1 Å². The predicted molar refractivity (Wildman–Crippen MR) is 161 cm³/mol. The van der Waals surface area contributed by atoms with Gasteiger partial charge in [-0.2, -0.15) is 0 Å². The molecule has 0 spiro atoms. The van der Waals surface area contributed by atoms with Gasteiger partial charge in [-0.3, -0.25) is 13.9 Å². The highest BCUT2D eigenvalue weighted by Crippen LogP contribution is 2.28. The van der Waals surface area contributed by atoms with Crippen molar-refractivity contribution in [3.8, 4) is 5.75 Å². The highest BCUT2D eigenvalue weighted by Gasteiger charge is 2.29. The molecular weight excluding hydrogens is 573 g/mol. The molecule has 0 radical (unpaired) electrons. The number of hydrogen-bond acceptors (Lipinski definition) is 5. The lowest BCUT2D eigenvalue weighted by atomic mass is 9.95. The number of nitrogens with zero attached hydrogens (tertiary/aromatic N) is 2. The van der Waals surface area contributed by atoms with Crippen LogP contribution in [0.25, 0.3) is 0 Å². The Kier molecular flexibility index (Phi) is 12.0. The van der Waals surface area contributed by atoms with Gasteiger partial charge >= 0.3 is 0 Å². The third kappa shape index (κ3) is 9.01. The number of halogens is 2. The van der Waals surface area contributed by atoms with E-state index in [9.17, 15) is 18.0 Å². The number of ether oxygens (including phenoxy) is 1. The Morgan fingerprint density at radius 2 is 1.68 bits per heavy atom. The van der Waals surface area contributed by atoms with Crippen LogP contribution in [0.1, 0.15) is 64.4 Å². The summed E-state index contributed by atoms with van der Waals surface area (Å²) >= 11 is 12.8. The van der Waals surface area contributed by atoms with Crippen molar-refractivity contribution in [2.24, 2.45) is 0 Å². The fourth-order valence-corrected chi connectivity index (χ4v) is 6.37. The molecule has 0 saturated heterocycles. The number of rotatable bonds is 13. The summed E-state index contributed by atoms with van der Waals surface area (Å²) in [4.78, 5) is 28.3. The van der Waals surface area contributed by atoms with E-state index in [0.29, 0.717) is 33.7 Å². The number of amides is 2. The molecule has 1 aliphatic rings. The minimum atomic E-state index is -3.60. The van der Waals surface area contributed by atoms with Gasteiger partial charge < -0.3 is 15.0 Å². The Bertz CT molecular complexity index is 1230. The summed E-state index contributed by atoms with van der Waals surface area (Å²) in [6.45, 7) is 4.23. The van der Waals surface area contributed by atoms with Gasteiger partial charge in [0.25, 0.3) is 0 Å². The van der Waals surface area contributed by atoms with Crippen LogP contribution >= 0.6 is 23.2 Å². The van der Waals surface area contributed by atoms with Crippen LogP contribution in [-0.4, -0.2) is 56.6 Å². The fourth-order valence-electron chi connectivity index (χ4n) is 4.88. The van der Waals surface area contributed by atoms with Crippen molar-refractivity contribution in [1.29, 1.82) is 0 Å². The van der Waals surface area contributed by atoms with Gasteiger partial charge in [0.15, 0.2) is 0 Å². The van der Waals surface area contributed by atoms with Crippen LogP contribution in [0.3, 0.4) is 0 Å². The Balaban J connectivity index is 1.74. The number of anilines is 1. The van der Waals surface area contributed by atoms with Crippen LogP contribution in [-0.2, 0) is 26.2 Å². The molecule has 1 N–H and O–H groups in total. The quantitative estimate of drug-likeness (QED) is 0.308. The van der Waals surface area contributed by atoms with Crippen LogP contribution < -0.4 is 14.4 Å². The molecule has 0 heterocycles. The lowest BCUT2D eigenvalue weighted by molar-refractivity contribution is -0.141. The second-order valence-corrected chi connectivity index (χ2v) is 12.8. The average molecular weight is 613 g/mol. The largest absolute Gasteiger partial charge is 0.494 e. The van der Waals surface area contributed by atoms with E-state index in [0.717, 1.165) is 31.9 Å². The van der Waals surface area contributed by atoms with Crippen molar-refractivity contribution in [2.45, 2.75) is 77.4 Å². The van der Waals surface area contributed by atoms with Gasteiger partial charge in [-0.05, 0) is 69.5 Å². The van der Waals surface area contributed by atoms with Crippen LogP contribution in [0.5, 0.6) is 5.75 Å². The van der Waals surface area contributed by atoms with Gasteiger partial charge in [-0.1, -0.05) is 48.5 Å². The van der Waals surface area contributed by atoms with E-state index in [1.807, 2.05) is 6.92 Å². The molecule has 8 nitrogen and oxygen atoms in total.